The van der Waals surface area contributed by atoms with Crippen LogP contribution in [0.5, 0.6) is 5.88 Å². The highest BCUT2D eigenvalue weighted by atomic mass is 16.5. The highest BCUT2D eigenvalue weighted by Gasteiger charge is 2.33. The first-order valence-corrected chi connectivity index (χ1v) is 13.1. The maximum atomic E-state index is 6.36. The van der Waals surface area contributed by atoms with Crippen LogP contribution in [0, 0.1) is 5.92 Å². The first-order valence-electron chi connectivity index (χ1n) is 13.1. The fraction of sp³-hybridized carbons (Fsp3) is 0.414. The Kier molecular flexibility index (Phi) is 7.64. The number of nitrogens with zero attached hydrogens (tertiary/aromatic N) is 4. The summed E-state index contributed by atoms with van der Waals surface area (Å²) in [5, 5.41) is 3.30. The molecule has 5 rings (SSSR count). The van der Waals surface area contributed by atoms with Crippen LogP contribution in [0.25, 0.3) is 0 Å². The van der Waals surface area contributed by atoms with Crippen molar-refractivity contribution < 1.29 is 14.2 Å². The lowest BCUT2D eigenvalue weighted by Gasteiger charge is -2.39. The number of benzene rings is 1. The van der Waals surface area contributed by atoms with Crippen molar-refractivity contribution in [3.05, 3.63) is 83.5 Å². The van der Waals surface area contributed by atoms with Gasteiger partial charge in [-0.3, -0.25) is 4.99 Å². The number of morpholine rings is 1. The van der Waals surface area contributed by atoms with Gasteiger partial charge in [0.15, 0.2) is 5.88 Å². The average molecular weight is 517 g/mol. The van der Waals surface area contributed by atoms with Gasteiger partial charge >= 0.3 is 0 Å². The van der Waals surface area contributed by atoms with Gasteiger partial charge in [0.25, 0.3) is 0 Å². The van der Waals surface area contributed by atoms with Crippen molar-refractivity contribution >= 4 is 11.8 Å². The van der Waals surface area contributed by atoms with Gasteiger partial charge in [-0.2, -0.15) is 4.98 Å². The maximum absolute atomic E-state index is 6.36. The number of allylic oxidation sites excluding steroid dienone is 1. The van der Waals surface area contributed by atoms with Gasteiger partial charge in [0, 0.05) is 24.5 Å². The van der Waals surface area contributed by atoms with E-state index in [1.807, 2.05) is 36.4 Å². The molecule has 3 aliphatic rings. The third kappa shape index (κ3) is 6.16. The van der Waals surface area contributed by atoms with Crippen LogP contribution >= 0.6 is 0 Å². The number of rotatable bonds is 7. The van der Waals surface area contributed by atoms with Gasteiger partial charge in [0.05, 0.1) is 37.0 Å². The molecule has 0 bridgehead atoms. The number of ether oxygens (including phenoxy) is 3. The SMILES string of the molecule is C[C@@H]1COC(N)=C(C(=NC2(C)C=CC(Nc3nccc(OCc4ccccc4)n3)=C2)N2CCOC[C@@H]2C)C1. The zero-order valence-corrected chi connectivity index (χ0v) is 22.3. The molecule has 9 heteroatoms. The summed E-state index contributed by atoms with van der Waals surface area (Å²) in [7, 11) is 0. The maximum Gasteiger partial charge on any atom is 0.230 e. The van der Waals surface area contributed by atoms with Crippen LogP contribution in [0.1, 0.15) is 32.8 Å². The zero-order chi connectivity index (χ0) is 26.5. The quantitative estimate of drug-likeness (QED) is 0.420. The van der Waals surface area contributed by atoms with Crippen LogP contribution in [0.3, 0.4) is 0 Å². The lowest BCUT2D eigenvalue weighted by atomic mass is 9.97. The van der Waals surface area contributed by atoms with E-state index < -0.39 is 5.54 Å². The van der Waals surface area contributed by atoms with Crippen molar-refractivity contribution in [1.82, 2.24) is 14.9 Å². The Morgan fingerprint density at radius 3 is 2.89 bits per heavy atom. The largest absolute Gasteiger partial charge is 0.479 e. The molecule has 1 aromatic carbocycles. The number of aromatic nitrogens is 2. The van der Waals surface area contributed by atoms with E-state index in [4.69, 9.17) is 24.9 Å². The smallest absolute Gasteiger partial charge is 0.230 e. The Morgan fingerprint density at radius 2 is 2.08 bits per heavy atom. The molecule has 0 saturated carbocycles. The van der Waals surface area contributed by atoms with Gasteiger partial charge < -0.3 is 30.2 Å². The topological polar surface area (TPSA) is 107 Å². The summed E-state index contributed by atoms with van der Waals surface area (Å²) >= 11 is 0. The molecule has 1 saturated heterocycles. The molecule has 1 aromatic heterocycles. The second-order valence-corrected chi connectivity index (χ2v) is 10.3. The molecule has 2 aliphatic heterocycles. The third-order valence-electron chi connectivity index (χ3n) is 6.79. The van der Waals surface area contributed by atoms with Crippen LogP contribution in [0.2, 0.25) is 0 Å². The Hall–Kier alpha value is -3.85. The van der Waals surface area contributed by atoms with Crippen molar-refractivity contribution in [3.8, 4) is 5.88 Å². The number of anilines is 1. The molecule has 200 valence electrons. The van der Waals surface area contributed by atoms with Crippen molar-refractivity contribution in [2.75, 3.05) is 31.7 Å². The molecule has 2 aromatic rings. The van der Waals surface area contributed by atoms with E-state index in [0.29, 0.717) is 50.1 Å². The van der Waals surface area contributed by atoms with E-state index in [0.717, 1.165) is 35.6 Å². The number of aliphatic imine (C=N–C) groups is 1. The summed E-state index contributed by atoms with van der Waals surface area (Å²) in [6.07, 6.45) is 8.65. The van der Waals surface area contributed by atoms with E-state index in [-0.39, 0.29) is 6.04 Å². The van der Waals surface area contributed by atoms with Crippen molar-refractivity contribution in [1.29, 1.82) is 0 Å². The number of nitrogens with one attached hydrogen (secondary N) is 1. The molecule has 0 spiro atoms. The number of hydrogen-bond acceptors (Lipinski definition) is 8. The molecule has 9 nitrogen and oxygen atoms in total. The number of amidine groups is 1. The molecule has 0 radical (unpaired) electrons. The predicted molar refractivity (Wildman–Crippen MR) is 147 cm³/mol. The van der Waals surface area contributed by atoms with Crippen LogP contribution in [0.4, 0.5) is 5.95 Å². The summed E-state index contributed by atoms with van der Waals surface area (Å²) in [4.78, 5) is 16.4. The Balaban J connectivity index is 1.35. The van der Waals surface area contributed by atoms with E-state index in [2.05, 4.69) is 53.1 Å². The summed E-state index contributed by atoms with van der Waals surface area (Å²) in [5.41, 5.74) is 8.69. The van der Waals surface area contributed by atoms with Crippen molar-refractivity contribution in [3.63, 3.8) is 0 Å². The molecule has 1 fully saturated rings. The fourth-order valence-corrected chi connectivity index (χ4v) is 4.76. The molecule has 38 heavy (non-hydrogen) atoms. The normalized spacial score (nSPS) is 25.7. The minimum atomic E-state index is -0.578. The van der Waals surface area contributed by atoms with Crippen molar-refractivity contribution in [2.45, 2.75) is 45.4 Å². The van der Waals surface area contributed by atoms with E-state index in [1.54, 1.807) is 12.3 Å². The summed E-state index contributed by atoms with van der Waals surface area (Å²) in [6, 6.07) is 11.9. The molecular weight excluding hydrogens is 480 g/mol. The Bertz CT molecular complexity index is 1260. The number of nitrogens with two attached hydrogens (primary N) is 1. The Morgan fingerprint density at radius 1 is 1.24 bits per heavy atom. The van der Waals surface area contributed by atoms with E-state index in [1.165, 1.54) is 0 Å². The van der Waals surface area contributed by atoms with Crippen LogP contribution in [0.15, 0.2) is 83.0 Å². The first kappa shape index (κ1) is 25.8. The lowest BCUT2D eigenvalue weighted by molar-refractivity contribution is 0.0324. The molecule has 3 heterocycles. The second kappa shape index (κ2) is 11.3. The van der Waals surface area contributed by atoms with E-state index >= 15 is 0 Å². The molecular formula is C29H36N6O3. The number of hydrogen-bond donors (Lipinski definition) is 2. The zero-order valence-electron chi connectivity index (χ0n) is 22.3. The van der Waals surface area contributed by atoms with Crippen LogP contribution < -0.4 is 15.8 Å². The minimum Gasteiger partial charge on any atom is -0.479 e. The molecule has 1 aliphatic carbocycles. The summed E-state index contributed by atoms with van der Waals surface area (Å²) in [6.45, 7) is 9.52. The Labute approximate surface area is 224 Å². The third-order valence-corrected chi connectivity index (χ3v) is 6.79. The van der Waals surface area contributed by atoms with Crippen LogP contribution in [-0.4, -0.2) is 58.6 Å². The second-order valence-electron chi connectivity index (χ2n) is 10.3. The van der Waals surface area contributed by atoms with Crippen LogP contribution in [-0.2, 0) is 16.1 Å². The molecule has 3 N–H and O–H groups in total. The van der Waals surface area contributed by atoms with E-state index in [9.17, 15) is 0 Å². The van der Waals surface area contributed by atoms with Gasteiger partial charge in [-0.25, -0.2) is 4.98 Å². The highest BCUT2D eigenvalue weighted by molar-refractivity contribution is 5.99. The molecule has 0 amide bonds. The predicted octanol–water partition coefficient (Wildman–Crippen LogP) is 4.03. The monoisotopic (exact) mass is 516 g/mol. The average Bonchev–Trinajstić information content (AvgIpc) is 3.29. The minimum absolute atomic E-state index is 0.183. The molecule has 1 unspecified atom stereocenters. The lowest BCUT2D eigenvalue weighted by Crippen LogP contribution is -2.49. The summed E-state index contributed by atoms with van der Waals surface area (Å²) in [5.74, 6) is 2.68. The highest BCUT2D eigenvalue weighted by Crippen LogP contribution is 2.31. The van der Waals surface area contributed by atoms with Gasteiger partial charge in [-0.1, -0.05) is 43.3 Å². The standard InChI is InChI=1S/C29H36N6O3/c1-20-15-24(26(30)38-17-20)27(35-13-14-36-18-21(35)2)34-29(3)11-9-23(16-29)32-28-31-12-10-25(33-28)37-19-22-7-5-4-6-8-22/h4-12,16,20-21H,13-15,17-19,30H2,1-3H3,(H,31,32,33)/t20-,21-,29?/m0/s1. The van der Waals surface area contributed by atoms with Gasteiger partial charge in [-0.05, 0) is 43.9 Å². The summed E-state index contributed by atoms with van der Waals surface area (Å²) < 4.78 is 17.4. The first-order chi connectivity index (χ1) is 18.4. The van der Waals surface area contributed by atoms with Gasteiger partial charge in [0.2, 0.25) is 11.8 Å². The van der Waals surface area contributed by atoms with Gasteiger partial charge in [0.1, 0.15) is 12.4 Å². The fourth-order valence-electron chi connectivity index (χ4n) is 4.76. The van der Waals surface area contributed by atoms with Gasteiger partial charge in [-0.15, -0.1) is 0 Å². The molecule has 3 atom stereocenters. The van der Waals surface area contributed by atoms with Crippen molar-refractivity contribution in [2.24, 2.45) is 16.6 Å².